The summed E-state index contributed by atoms with van der Waals surface area (Å²) in [7, 11) is 3.04. The zero-order chi connectivity index (χ0) is 16.5. The van der Waals surface area contributed by atoms with Crippen molar-refractivity contribution in [2.45, 2.75) is 12.7 Å². The van der Waals surface area contributed by atoms with Crippen molar-refractivity contribution in [3.05, 3.63) is 62.4 Å². The number of halogens is 3. The van der Waals surface area contributed by atoms with Gasteiger partial charge in [-0.2, -0.15) is 13.2 Å². The molecule has 8 heteroatoms. The number of anilines is 1. The summed E-state index contributed by atoms with van der Waals surface area (Å²) < 4.78 is 39.2. The van der Waals surface area contributed by atoms with Gasteiger partial charge in [-0.1, -0.05) is 12.1 Å². The summed E-state index contributed by atoms with van der Waals surface area (Å²) in [4.78, 5) is 26.7. The molecule has 0 amide bonds. The Morgan fingerprint density at radius 2 is 1.95 bits per heavy atom. The van der Waals surface area contributed by atoms with Gasteiger partial charge in [0.25, 0.3) is 5.56 Å². The van der Waals surface area contributed by atoms with Gasteiger partial charge in [-0.15, -0.1) is 0 Å². The van der Waals surface area contributed by atoms with Crippen molar-refractivity contribution in [3.8, 4) is 0 Å². The maximum absolute atomic E-state index is 12.7. The first-order valence-corrected chi connectivity index (χ1v) is 6.35. The zero-order valence-corrected chi connectivity index (χ0v) is 11.9. The van der Waals surface area contributed by atoms with E-state index in [2.05, 4.69) is 4.98 Å². The van der Waals surface area contributed by atoms with Crippen molar-refractivity contribution in [1.29, 1.82) is 0 Å². The Kier molecular flexibility index (Phi) is 4.11. The van der Waals surface area contributed by atoms with Gasteiger partial charge < -0.3 is 9.47 Å². The molecule has 0 radical (unpaired) electrons. The van der Waals surface area contributed by atoms with E-state index in [-0.39, 0.29) is 12.2 Å². The topological polar surface area (TPSA) is 58.1 Å². The molecular weight excluding hydrogens is 299 g/mol. The molecule has 5 nitrogen and oxygen atoms in total. The van der Waals surface area contributed by atoms with Crippen molar-refractivity contribution in [3.63, 3.8) is 0 Å². The highest BCUT2D eigenvalue weighted by molar-refractivity contribution is 5.42. The van der Waals surface area contributed by atoms with Gasteiger partial charge in [0.15, 0.2) is 0 Å². The first-order chi connectivity index (χ1) is 10.2. The van der Waals surface area contributed by atoms with Crippen molar-refractivity contribution < 1.29 is 13.2 Å². The lowest BCUT2D eigenvalue weighted by molar-refractivity contribution is -0.137. The van der Waals surface area contributed by atoms with Gasteiger partial charge in [0.2, 0.25) is 0 Å². The SMILES string of the molecule is CN(Cc1cccc(C(F)(F)F)c1)c1cn(C)c(=O)[nH]c1=O. The number of benzene rings is 1. The number of hydrogen-bond donors (Lipinski definition) is 1. The van der Waals surface area contributed by atoms with Crippen LogP contribution in [0.15, 0.2) is 40.1 Å². The second-order valence-corrected chi connectivity index (χ2v) is 4.94. The molecule has 0 spiro atoms. The smallest absolute Gasteiger partial charge is 0.365 e. The molecule has 0 unspecified atom stereocenters. The summed E-state index contributed by atoms with van der Waals surface area (Å²) in [6, 6.07) is 4.88. The molecule has 0 saturated carbocycles. The molecule has 0 fully saturated rings. The molecule has 2 aromatic rings. The molecule has 1 N–H and O–H groups in total. The first-order valence-electron chi connectivity index (χ1n) is 6.35. The fourth-order valence-corrected chi connectivity index (χ4v) is 2.03. The Morgan fingerprint density at radius 1 is 1.27 bits per heavy atom. The van der Waals surface area contributed by atoms with Crippen molar-refractivity contribution >= 4 is 5.69 Å². The summed E-state index contributed by atoms with van der Waals surface area (Å²) in [5.41, 5.74) is -1.28. The Bertz CT molecular complexity index is 793. The number of nitrogens with one attached hydrogen (secondary N) is 1. The van der Waals surface area contributed by atoms with Gasteiger partial charge in [-0.3, -0.25) is 9.78 Å². The molecule has 0 aliphatic carbocycles. The monoisotopic (exact) mass is 313 g/mol. The molecule has 2 rings (SSSR count). The van der Waals surface area contributed by atoms with Gasteiger partial charge in [0.1, 0.15) is 5.69 Å². The van der Waals surface area contributed by atoms with E-state index in [1.807, 2.05) is 0 Å². The van der Waals surface area contributed by atoms with Gasteiger partial charge in [-0.25, -0.2) is 4.79 Å². The normalized spacial score (nSPS) is 11.5. The number of aromatic nitrogens is 2. The van der Waals surface area contributed by atoms with E-state index in [1.54, 1.807) is 13.1 Å². The van der Waals surface area contributed by atoms with Crippen molar-refractivity contribution in [2.24, 2.45) is 7.05 Å². The van der Waals surface area contributed by atoms with E-state index in [4.69, 9.17) is 0 Å². The molecular formula is C14H14F3N3O2. The third kappa shape index (κ3) is 3.38. The quantitative estimate of drug-likeness (QED) is 0.939. The standard InChI is InChI=1S/C14H14F3N3O2/c1-19(11-8-20(2)13(22)18-12(11)21)7-9-4-3-5-10(6-9)14(15,16)17/h3-6,8H,7H2,1-2H3,(H,18,21,22). The van der Waals surface area contributed by atoms with E-state index in [0.717, 1.165) is 12.1 Å². The molecule has 0 saturated heterocycles. The summed E-state index contributed by atoms with van der Waals surface area (Å²) in [6.45, 7) is 0.102. The molecule has 1 aromatic heterocycles. The zero-order valence-electron chi connectivity index (χ0n) is 11.9. The van der Waals surface area contributed by atoms with Crippen LogP contribution in [0.5, 0.6) is 0 Å². The number of aryl methyl sites for hydroxylation is 1. The molecule has 0 bridgehead atoms. The summed E-state index contributed by atoms with van der Waals surface area (Å²) in [5, 5.41) is 0. The largest absolute Gasteiger partial charge is 0.416 e. The minimum atomic E-state index is -4.41. The van der Waals surface area contributed by atoms with Crippen LogP contribution in [0.4, 0.5) is 18.9 Å². The fourth-order valence-electron chi connectivity index (χ4n) is 2.03. The Hall–Kier alpha value is -2.51. The van der Waals surface area contributed by atoms with Crippen LogP contribution in [0.3, 0.4) is 0 Å². The van der Waals surface area contributed by atoms with Crippen LogP contribution in [-0.4, -0.2) is 16.6 Å². The van der Waals surface area contributed by atoms with E-state index >= 15 is 0 Å². The fraction of sp³-hybridized carbons (Fsp3) is 0.286. The van der Waals surface area contributed by atoms with Crippen LogP contribution in [-0.2, 0) is 19.8 Å². The van der Waals surface area contributed by atoms with Gasteiger partial charge in [0, 0.05) is 26.8 Å². The van der Waals surface area contributed by atoms with Crippen LogP contribution < -0.4 is 16.1 Å². The van der Waals surface area contributed by atoms with Gasteiger partial charge >= 0.3 is 11.9 Å². The van der Waals surface area contributed by atoms with Crippen LogP contribution in [0.25, 0.3) is 0 Å². The third-order valence-corrected chi connectivity index (χ3v) is 3.17. The number of rotatable bonds is 3. The predicted molar refractivity (Wildman–Crippen MR) is 75.9 cm³/mol. The summed E-state index contributed by atoms with van der Waals surface area (Å²) >= 11 is 0. The second kappa shape index (κ2) is 5.70. The van der Waals surface area contributed by atoms with Crippen molar-refractivity contribution in [1.82, 2.24) is 9.55 Å². The highest BCUT2D eigenvalue weighted by atomic mass is 19.4. The Labute approximate surface area is 123 Å². The van der Waals surface area contributed by atoms with Crippen LogP contribution in [0.1, 0.15) is 11.1 Å². The second-order valence-electron chi connectivity index (χ2n) is 4.94. The average Bonchev–Trinajstić information content (AvgIpc) is 2.42. The van der Waals surface area contributed by atoms with Crippen molar-refractivity contribution in [2.75, 3.05) is 11.9 Å². The number of alkyl halides is 3. The molecule has 0 aliphatic rings. The lowest BCUT2D eigenvalue weighted by atomic mass is 10.1. The highest BCUT2D eigenvalue weighted by Crippen LogP contribution is 2.29. The Morgan fingerprint density at radius 3 is 2.59 bits per heavy atom. The van der Waals surface area contributed by atoms with Crippen LogP contribution in [0.2, 0.25) is 0 Å². The average molecular weight is 313 g/mol. The van der Waals surface area contributed by atoms with E-state index in [1.165, 1.54) is 28.8 Å². The summed E-state index contributed by atoms with van der Waals surface area (Å²) in [5.74, 6) is 0. The van der Waals surface area contributed by atoms with E-state index in [9.17, 15) is 22.8 Å². The maximum atomic E-state index is 12.7. The molecule has 118 valence electrons. The molecule has 1 heterocycles. The lowest BCUT2D eigenvalue weighted by Crippen LogP contribution is -2.33. The number of H-pyrrole nitrogens is 1. The summed E-state index contributed by atoms with van der Waals surface area (Å²) in [6.07, 6.45) is -3.07. The molecule has 1 aromatic carbocycles. The Balaban J connectivity index is 2.30. The lowest BCUT2D eigenvalue weighted by Gasteiger charge is -2.19. The van der Waals surface area contributed by atoms with Gasteiger partial charge in [-0.05, 0) is 17.7 Å². The van der Waals surface area contributed by atoms with Crippen LogP contribution >= 0.6 is 0 Å². The minimum absolute atomic E-state index is 0.102. The molecule has 22 heavy (non-hydrogen) atoms. The number of aromatic amines is 1. The third-order valence-electron chi connectivity index (χ3n) is 3.17. The van der Waals surface area contributed by atoms with Crippen LogP contribution in [0, 0.1) is 0 Å². The van der Waals surface area contributed by atoms with Gasteiger partial charge in [0.05, 0.1) is 5.56 Å². The molecule has 0 aliphatic heterocycles. The van der Waals surface area contributed by atoms with E-state index < -0.39 is 23.0 Å². The maximum Gasteiger partial charge on any atom is 0.416 e. The first kappa shape index (κ1) is 15.9. The number of nitrogens with zero attached hydrogens (tertiary/aromatic N) is 2. The minimum Gasteiger partial charge on any atom is -0.365 e. The van der Waals surface area contributed by atoms with E-state index in [0.29, 0.717) is 5.56 Å². The number of hydrogen-bond acceptors (Lipinski definition) is 3. The highest BCUT2D eigenvalue weighted by Gasteiger charge is 2.30. The molecule has 0 atom stereocenters. The predicted octanol–water partition coefficient (Wildman–Crippen LogP) is 1.73.